The maximum absolute atomic E-state index is 5.85. The van der Waals surface area contributed by atoms with Crippen LogP contribution in [0, 0.1) is 11.3 Å². The highest BCUT2D eigenvalue weighted by Crippen LogP contribution is 2.63. The Morgan fingerprint density at radius 3 is 2.75 bits per heavy atom. The van der Waals surface area contributed by atoms with Crippen molar-refractivity contribution in [3.8, 4) is 0 Å². The molecule has 2 atom stereocenters. The largest absolute Gasteiger partial charge is 0.362 e. The van der Waals surface area contributed by atoms with Crippen LogP contribution >= 0.6 is 0 Å². The van der Waals surface area contributed by atoms with Crippen molar-refractivity contribution >= 4 is 0 Å². The summed E-state index contributed by atoms with van der Waals surface area (Å²) in [5.41, 5.74) is 10.8. The monoisotopic (exact) mass is 218 g/mol. The van der Waals surface area contributed by atoms with Crippen molar-refractivity contribution in [1.82, 2.24) is 4.98 Å². The lowest BCUT2D eigenvalue weighted by molar-refractivity contribution is 0.557. The zero-order valence-electron chi connectivity index (χ0n) is 10.3. The smallest absolute Gasteiger partial charge is 0.0192 e. The molecule has 1 fully saturated rings. The predicted octanol–water partition coefficient (Wildman–Crippen LogP) is 2.59. The van der Waals surface area contributed by atoms with Gasteiger partial charge in [0.05, 0.1) is 0 Å². The minimum Gasteiger partial charge on any atom is -0.362 e. The molecule has 2 unspecified atom stereocenters. The van der Waals surface area contributed by atoms with Crippen LogP contribution in [-0.2, 0) is 12.8 Å². The fourth-order valence-electron chi connectivity index (χ4n) is 3.60. The van der Waals surface area contributed by atoms with Crippen LogP contribution in [0.3, 0.4) is 0 Å². The molecule has 3 N–H and O–H groups in total. The molecule has 1 heterocycles. The van der Waals surface area contributed by atoms with Gasteiger partial charge in [0.2, 0.25) is 0 Å². The number of hydrogen-bond donors (Lipinski definition) is 2. The second-order valence-electron chi connectivity index (χ2n) is 6.08. The molecule has 0 bridgehead atoms. The maximum Gasteiger partial charge on any atom is 0.0192 e. The Labute approximate surface area is 97.6 Å². The van der Waals surface area contributed by atoms with Crippen LogP contribution in [0.4, 0.5) is 0 Å². The van der Waals surface area contributed by atoms with Crippen molar-refractivity contribution in [3.63, 3.8) is 0 Å². The van der Waals surface area contributed by atoms with Gasteiger partial charge in [-0.05, 0) is 55.2 Å². The quantitative estimate of drug-likeness (QED) is 0.787. The van der Waals surface area contributed by atoms with Crippen molar-refractivity contribution in [2.24, 2.45) is 17.1 Å². The normalized spacial score (nSPS) is 31.2. The van der Waals surface area contributed by atoms with E-state index in [-0.39, 0.29) is 0 Å². The Hall–Kier alpha value is -0.760. The summed E-state index contributed by atoms with van der Waals surface area (Å²) in [5, 5.41) is 0. The number of nitrogens with two attached hydrogens (primary N) is 1. The highest BCUT2D eigenvalue weighted by Gasteiger charge is 2.58. The average molecular weight is 218 g/mol. The lowest BCUT2D eigenvalue weighted by Gasteiger charge is -2.09. The zero-order chi connectivity index (χ0) is 11.3. The molecule has 0 amide bonds. The van der Waals surface area contributed by atoms with Gasteiger partial charge >= 0.3 is 0 Å². The number of rotatable bonds is 2. The summed E-state index contributed by atoms with van der Waals surface area (Å²) in [5.74, 6) is 1.34. The first-order valence-electron chi connectivity index (χ1n) is 6.55. The summed E-state index contributed by atoms with van der Waals surface area (Å²) >= 11 is 0. The summed E-state index contributed by atoms with van der Waals surface area (Å²) in [6.45, 7) is 5.51. The standard InChI is InChI=1S/C14H22N2/c1-14(2)10(8-15)13(14)12-7-9-5-3-4-6-11(9)16-12/h7,10,13,16H,3-6,8,15H2,1-2H3. The van der Waals surface area contributed by atoms with Gasteiger partial charge in [-0.2, -0.15) is 0 Å². The van der Waals surface area contributed by atoms with Crippen LogP contribution in [-0.4, -0.2) is 11.5 Å². The first-order valence-corrected chi connectivity index (χ1v) is 6.55. The van der Waals surface area contributed by atoms with E-state index in [0.717, 1.165) is 6.54 Å². The topological polar surface area (TPSA) is 41.8 Å². The third kappa shape index (κ3) is 1.36. The van der Waals surface area contributed by atoms with E-state index in [2.05, 4.69) is 24.9 Å². The van der Waals surface area contributed by atoms with E-state index in [0.29, 0.717) is 17.3 Å². The summed E-state index contributed by atoms with van der Waals surface area (Å²) in [4.78, 5) is 3.66. The molecule has 1 aromatic rings. The Kier molecular flexibility index (Phi) is 2.19. The van der Waals surface area contributed by atoms with Crippen LogP contribution in [0.2, 0.25) is 0 Å². The molecule has 16 heavy (non-hydrogen) atoms. The number of aromatic nitrogens is 1. The minimum atomic E-state index is 0.405. The van der Waals surface area contributed by atoms with E-state index in [9.17, 15) is 0 Å². The number of fused-ring (bicyclic) bond motifs is 1. The van der Waals surface area contributed by atoms with Crippen LogP contribution < -0.4 is 5.73 Å². The lowest BCUT2D eigenvalue weighted by atomic mass is 9.98. The van der Waals surface area contributed by atoms with E-state index in [1.807, 2.05) is 0 Å². The maximum atomic E-state index is 5.85. The SMILES string of the molecule is CC1(C)C(CN)C1c1cc2c([nH]1)CCCC2. The van der Waals surface area contributed by atoms with Crippen LogP contribution in [0.1, 0.15) is 49.6 Å². The fraction of sp³-hybridized carbons (Fsp3) is 0.714. The molecule has 2 aliphatic carbocycles. The van der Waals surface area contributed by atoms with Crippen molar-refractivity contribution in [2.75, 3.05) is 6.54 Å². The van der Waals surface area contributed by atoms with Gasteiger partial charge in [-0.1, -0.05) is 13.8 Å². The van der Waals surface area contributed by atoms with Gasteiger partial charge in [0, 0.05) is 17.3 Å². The van der Waals surface area contributed by atoms with Gasteiger partial charge in [-0.25, -0.2) is 0 Å². The zero-order valence-corrected chi connectivity index (χ0v) is 10.3. The van der Waals surface area contributed by atoms with Crippen molar-refractivity contribution < 1.29 is 0 Å². The molecule has 0 spiro atoms. The molecular weight excluding hydrogens is 196 g/mol. The number of aromatic amines is 1. The highest BCUT2D eigenvalue weighted by atomic mass is 14.8. The predicted molar refractivity (Wildman–Crippen MR) is 66.5 cm³/mol. The third-order valence-electron chi connectivity index (χ3n) is 4.77. The third-order valence-corrected chi connectivity index (χ3v) is 4.77. The minimum absolute atomic E-state index is 0.405. The van der Waals surface area contributed by atoms with Gasteiger partial charge < -0.3 is 10.7 Å². The van der Waals surface area contributed by atoms with Crippen molar-refractivity contribution in [2.45, 2.75) is 45.4 Å². The summed E-state index contributed by atoms with van der Waals surface area (Å²) in [6.07, 6.45) is 5.22. The summed E-state index contributed by atoms with van der Waals surface area (Å²) in [6, 6.07) is 2.41. The molecule has 0 saturated heterocycles. The van der Waals surface area contributed by atoms with Crippen LogP contribution in [0.25, 0.3) is 0 Å². The molecular formula is C14H22N2. The van der Waals surface area contributed by atoms with Crippen molar-refractivity contribution in [3.05, 3.63) is 23.0 Å². The lowest BCUT2D eigenvalue weighted by Crippen LogP contribution is -2.05. The van der Waals surface area contributed by atoms with Gasteiger partial charge in [-0.3, -0.25) is 0 Å². The van der Waals surface area contributed by atoms with E-state index >= 15 is 0 Å². The van der Waals surface area contributed by atoms with Crippen LogP contribution in [0.5, 0.6) is 0 Å². The molecule has 0 aliphatic heterocycles. The molecule has 2 nitrogen and oxygen atoms in total. The van der Waals surface area contributed by atoms with E-state index in [4.69, 9.17) is 5.73 Å². The molecule has 0 aromatic carbocycles. The van der Waals surface area contributed by atoms with Gasteiger partial charge in [-0.15, -0.1) is 0 Å². The molecule has 3 rings (SSSR count). The summed E-state index contributed by atoms with van der Waals surface area (Å²) < 4.78 is 0. The Morgan fingerprint density at radius 2 is 2.12 bits per heavy atom. The Balaban J connectivity index is 1.88. The fourth-order valence-corrected chi connectivity index (χ4v) is 3.60. The highest BCUT2D eigenvalue weighted by molar-refractivity contribution is 5.35. The second-order valence-corrected chi connectivity index (χ2v) is 6.08. The summed E-state index contributed by atoms with van der Waals surface area (Å²) in [7, 11) is 0. The molecule has 88 valence electrons. The first-order chi connectivity index (χ1) is 7.64. The van der Waals surface area contributed by atoms with Gasteiger partial charge in [0.15, 0.2) is 0 Å². The molecule has 0 radical (unpaired) electrons. The Bertz CT molecular complexity index is 379. The number of aryl methyl sites for hydroxylation is 2. The van der Waals surface area contributed by atoms with Crippen LogP contribution in [0.15, 0.2) is 6.07 Å². The number of H-pyrrole nitrogens is 1. The van der Waals surface area contributed by atoms with E-state index in [1.54, 1.807) is 5.56 Å². The second kappa shape index (κ2) is 3.36. The van der Waals surface area contributed by atoms with Crippen molar-refractivity contribution in [1.29, 1.82) is 0 Å². The van der Waals surface area contributed by atoms with E-state index < -0.39 is 0 Å². The molecule has 1 saturated carbocycles. The molecule has 2 heteroatoms. The Morgan fingerprint density at radius 1 is 1.38 bits per heavy atom. The average Bonchev–Trinajstić information content (AvgIpc) is 2.65. The van der Waals surface area contributed by atoms with Gasteiger partial charge in [0.25, 0.3) is 0 Å². The first kappa shape index (κ1) is 10.4. The molecule has 2 aliphatic rings. The van der Waals surface area contributed by atoms with E-state index in [1.165, 1.54) is 37.1 Å². The number of hydrogen-bond acceptors (Lipinski definition) is 1. The molecule has 1 aromatic heterocycles. The number of nitrogens with one attached hydrogen (secondary N) is 1. The van der Waals surface area contributed by atoms with Gasteiger partial charge in [0.1, 0.15) is 0 Å².